The minimum absolute atomic E-state index is 0.0458. The number of alkyl halides is 3. The lowest BCUT2D eigenvalue weighted by Crippen LogP contribution is -2.35. The fourth-order valence-corrected chi connectivity index (χ4v) is 2.46. The highest BCUT2D eigenvalue weighted by Gasteiger charge is 2.39. The summed E-state index contributed by atoms with van der Waals surface area (Å²) in [5.41, 5.74) is -1.32. The van der Waals surface area contributed by atoms with Gasteiger partial charge in [-0.3, -0.25) is 4.79 Å². The van der Waals surface area contributed by atoms with Gasteiger partial charge in [0.1, 0.15) is 0 Å². The zero-order chi connectivity index (χ0) is 15.6. The van der Waals surface area contributed by atoms with Gasteiger partial charge in [0.05, 0.1) is 23.6 Å². The van der Waals surface area contributed by atoms with Crippen LogP contribution in [0.1, 0.15) is 35.2 Å². The molecule has 0 unspecified atom stereocenters. The maximum absolute atomic E-state index is 13.1. The molecule has 1 aromatic rings. The van der Waals surface area contributed by atoms with Crippen molar-refractivity contribution >= 4 is 21.8 Å². The molecule has 0 radical (unpaired) electrons. The van der Waals surface area contributed by atoms with Gasteiger partial charge in [0, 0.05) is 17.1 Å². The Morgan fingerprint density at radius 2 is 2.10 bits per heavy atom. The summed E-state index contributed by atoms with van der Waals surface area (Å²) in [6.07, 6.45) is -2.94. The van der Waals surface area contributed by atoms with Crippen LogP contribution in [-0.2, 0) is 6.18 Å². The largest absolute Gasteiger partial charge is 0.417 e. The maximum Gasteiger partial charge on any atom is 0.417 e. The van der Waals surface area contributed by atoms with Crippen LogP contribution in [0.5, 0.6) is 0 Å². The lowest BCUT2D eigenvalue weighted by molar-refractivity contribution is -0.138. The number of amides is 1. The average Bonchev–Trinajstić information content (AvgIpc) is 3.22. The summed E-state index contributed by atoms with van der Waals surface area (Å²) < 4.78 is 39.5. The van der Waals surface area contributed by atoms with Crippen molar-refractivity contribution < 1.29 is 18.0 Å². The van der Waals surface area contributed by atoms with E-state index in [-0.39, 0.29) is 29.0 Å². The fourth-order valence-electron chi connectivity index (χ4n) is 2.10. The van der Waals surface area contributed by atoms with Crippen LogP contribution in [0.25, 0.3) is 0 Å². The highest BCUT2D eigenvalue weighted by atomic mass is 79.9. The van der Waals surface area contributed by atoms with Gasteiger partial charge in [-0.15, -0.1) is 0 Å². The smallest absolute Gasteiger partial charge is 0.335 e. The summed E-state index contributed by atoms with van der Waals surface area (Å²) in [5.74, 6) is -0.660. The lowest BCUT2D eigenvalue weighted by Gasteiger charge is -2.23. The molecule has 1 aliphatic rings. The van der Waals surface area contributed by atoms with Crippen molar-refractivity contribution in [1.82, 2.24) is 4.90 Å². The first kappa shape index (κ1) is 15.8. The minimum Gasteiger partial charge on any atom is -0.335 e. The Kier molecular flexibility index (Phi) is 4.57. The van der Waals surface area contributed by atoms with Crippen LogP contribution >= 0.6 is 15.9 Å². The molecule has 0 atom stereocenters. The van der Waals surface area contributed by atoms with E-state index in [0.717, 1.165) is 18.9 Å². The van der Waals surface area contributed by atoms with Gasteiger partial charge in [-0.2, -0.15) is 18.4 Å². The molecule has 1 aliphatic carbocycles. The fraction of sp³-hybridized carbons (Fsp3) is 0.429. The summed E-state index contributed by atoms with van der Waals surface area (Å²) in [6, 6.07) is 5.37. The molecule has 0 aliphatic heterocycles. The normalized spacial score (nSPS) is 14.6. The van der Waals surface area contributed by atoms with E-state index in [1.165, 1.54) is 17.0 Å². The number of carbonyl (C=O) groups is 1. The first-order valence-corrected chi connectivity index (χ1v) is 7.18. The number of hydrogen-bond donors (Lipinski definition) is 0. The van der Waals surface area contributed by atoms with Crippen molar-refractivity contribution in [2.75, 3.05) is 6.54 Å². The maximum atomic E-state index is 13.1. The first-order chi connectivity index (χ1) is 9.84. The molecule has 1 amide bonds. The van der Waals surface area contributed by atoms with Gasteiger partial charge in [0.25, 0.3) is 5.91 Å². The van der Waals surface area contributed by atoms with Crippen LogP contribution < -0.4 is 0 Å². The van der Waals surface area contributed by atoms with E-state index < -0.39 is 17.6 Å². The van der Waals surface area contributed by atoms with E-state index in [0.29, 0.717) is 0 Å². The summed E-state index contributed by atoms with van der Waals surface area (Å²) in [6.45, 7) is 0.160. The number of rotatable bonds is 4. The Hall–Kier alpha value is -1.55. The summed E-state index contributed by atoms with van der Waals surface area (Å²) in [4.78, 5) is 13.8. The minimum atomic E-state index is -4.60. The van der Waals surface area contributed by atoms with Gasteiger partial charge < -0.3 is 4.90 Å². The zero-order valence-corrected chi connectivity index (χ0v) is 12.5. The van der Waals surface area contributed by atoms with Gasteiger partial charge in [-0.25, -0.2) is 0 Å². The molecule has 0 aromatic heterocycles. The molecule has 0 saturated heterocycles. The third-order valence-corrected chi connectivity index (χ3v) is 3.72. The molecule has 1 aromatic carbocycles. The van der Waals surface area contributed by atoms with Crippen molar-refractivity contribution in [3.05, 3.63) is 33.8 Å². The van der Waals surface area contributed by atoms with Gasteiger partial charge in [0.2, 0.25) is 0 Å². The van der Waals surface area contributed by atoms with Gasteiger partial charge in [0.15, 0.2) is 0 Å². The number of carbonyl (C=O) groups excluding carboxylic acids is 1. The SMILES string of the molecule is N#CCCN(C(=O)c1ccc(Br)cc1C(F)(F)F)C1CC1. The highest BCUT2D eigenvalue weighted by molar-refractivity contribution is 9.10. The molecule has 1 fully saturated rings. The summed E-state index contributed by atoms with van der Waals surface area (Å²) in [5, 5.41) is 8.62. The Morgan fingerprint density at radius 1 is 1.43 bits per heavy atom. The Labute approximate surface area is 128 Å². The predicted octanol–water partition coefficient (Wildman–Crippen LogP) is 3.99. The van der Waals surface area contributed by atoms with Gasteiger partial charge in [-0.1, -0.05) is 15.9 Å². The van der Waals surface area contributed by atoms with E-state index in [9.17, 15) is 18.0 Å². The Balaban J connectivity index is 2.35. The van der Waals surface area contributed by atoms with E-state index in [2.05, 4.69) is 15.9 Å². The molecule has 2 rings (SSSR count). The molecule has 0 spiro atoms. The van der Waals surface area contributed by atoms with Crippen molar-refractivity contribution in [2.45, 2.75) is 31.5 Å². The van der Waals surface area contributed by atoms with E-state index in [1.54, 1.807) is 0 Å². The highest BCUT2D eigenvalue weighted by Crippen LogP contribution is 2.36. The third-order valence-electron chi connectivity index (χ3n) is 3.23. The average molecular weight is 361 g/mol. The topological polar surface area (TPSA) is 44.1 Å². The number of benzene rings is 1. The standard InChI is InChI=1S/C14H12BrF3N2O/c15-9-2-5-11(12(8-9)14(16,17)18)13(21)20(7-1-6-19)10-3-4-10/h2,5,8,10H,1,3-4,7H2. The lowest BCUT2D eigenvalue weighted by atomic mass is 10.1. The van der Waals surface area contributed by atoms with E-state index in [4.69, 9.17) is 5.26 Å². The van der Waals surface area contributed by atoms with Crippen molar-refractivity contribution in [2.24, 2.45) is 0 Å². The van der Waals surface area contributed by atoms with Gasteiger partial charge >= 0.3 is 6.18 Å². The van der Waals surface area contributed by atoms with Crippen LogP contribution in [0.2, 0.25) is 0 Å². The third kappa shape index (κ3) is 3.76. The van der Waals surface area contributed by atoms with E-state index >= 15 is 0 Å². The number of halogens is 4. The monoisotopic (exact) mass is 360 g/mol. The molecule has 112 valence electrons. The molecule has 21 heavy (non-hydrogen) atoms. The molecular formula is C14H12BrF3N2O. The van der Waals surface area contributed by atoms with Crippen LogP contribution in [0.3, 0.4) is 0 Å². The van der Waals surface area contributed by atoms with Crippen molar-refractivity contribution in [3.8, 4) is 6.07 Å². The second-order valence-corrected chi connectivity index (χ2v) is 5.74. The summed E-state index contributed by atoms with van der Waals surface area (Å²) >= 11 is 2.99. The number of hydrogen-bond acceptors (Lipinski definition) is 2. The predicted molar refractivity (Wildman–Crippen MR) is 73.4 cm³/mol. The summed E-state index contributed by atoms with van der Waals surface area (Å²) in [7, 11) is 0. The van der Waals surface area contributed by atoms with Crippen LogP contribution in [0.15, 0.2) is 22.7 Å². The molecule has 7 heteroatoms. The molecule has 3 nitrogen and oxygen atoms in total. The number of nitriles is 1. The molecule has 1 saturated carbocycles. The van der Waals surface area contributed by atoms with Crippen LogP contribution in [-0.4, -0.2) is 23.4 Å². The Morgan fingerprint density at radius 3 is 2.62 bits per heavy atom. The molecule has 0 heterocycles. The first-order valence-electron chi connectivity index (χ1n) is 6.39. The zero-order valence-electron chi connectivity index (χ0n) is 11.0. The van der Waals surface area contributed by atoms with Crippen LogP contribution in [0.4, 0.5) is 13.2 Å². The van der Waals surface area contributed by atoms with Crippen molar-refractivity contribution in [3.63, 3.8) is 0 Å². The number of nitrogens with zero attached hydrogens (tertiary/aromatic N) is 2. The van der Waals surface area contributed by atoms with Gasteiger partial charge in [-0.05, 0) is 31.0 Å². The quantitative estimate of drug-likeness (QED) is 0.814. The molecule has 0 N–H and O–H groups in total. The van der Waals surface area contributed by atoms with E-state index in [1.807, 2.05) is 6.07 Å². The van der Waals surface area contributed by atoms with Crippen molar-refractivity contribution in [1.29, 1.82) is 5.26 Å². The Bertz CT molecular complexity index is 591. The second kappa shape index (κ2) is 6.06. The molecule has 0 bridgehead atoms. The van der Waals surface area contributed by atoms with Crippen LogP contribution in [0, 0.1) is 11.3 Å². The molecular weight excluding hydrogens is 349 g/mol. The second-order valence-electron chi connectivity index (χ2n) is 4.83.